The Hall–Kier alpha value is -1.17. The predicted octanol–water partition coefficient (Wildman–Crippen LogP) is 1.52. The smallest absolute Gasteiger partial charge is 0.203 e. The van der Waals surface area contributed by atoms with Crippen molar-refractivity contribution in [1.82, 2.24) is 0 Å². The Bertz CT molecular complexity index is 348. The fourth-order valence-corrected chi connectivity index (χ4v) is 1.62. The summed E-state index contributed by atoms with van der Waals surface area (Å²) in [7, 11) is 4.66. The summed E-state index contributed by atoms with van der Waals surface area (Å²) in [5.74, 6) is 1.67. The average Bonchev–Trinajstić information content (AvgIpc) is 2.37. The zero-order valence-corrected chi connectivity index (χ0v) is 11.6. The summed E-state index contributed by atoms with van der Waals surface area (Å²) < 4.78 is 15.7. The highest BCUT2D eigenvalue weighted by atomic mass is 35.5. The Kier molecular flexibility index (Phi) is 7.50. The standard InChI is InChI=1S/C12H19NO4.ClH/c1-15-10-6-8(9(13)4-5-14)7-11(16-2)12(10)17-3;/h6-7,9,14H,4-5,13H2,1-3H3;1H/t9-;/m1./s1. The Balaban J connectivity index is 0.00000289. The lowest BCUT2D eigenvalue weighted by molar-refractivity contribution is 0.276. The molecule has 18 heavy (non-hydrogen) atoms. The third-order valence-corrected chi connectivity index (χ3v) is 2.56. The molecule has 0 aliphatic heterocycles. The molecule has 1 aromatic rings. The first-order chi connectivity index (χ1) is 8.17. The predicted molar refractivity (Wildman–Crippen MR) is 72.0 cm³/mol. The number of hydrogen-bond acceptors (Lipinski definition) is 5. The molecular formula is C12H20ClNO4. The highest BCUT2D eigenvalue weighted by molar-refractivity contribution is 5.85. The van der Waals surface area contributed by atoms with Crippen molar-refractivity contribution >= 4 is 12.4 Å². The van der Waals surface area contributed by atoms with Gasteiger partial charge in [-0.1, -0.05) is 0 Å². The van der Waals surface area contributed by atoms with E-state index in [4.69, 9.17) is 25.1 Å². The maximum atomic E-state index is 8.88. The van der Waals surface area contributed by atoms with Gasteiger partial charge in [0.05, 0.1) is 21.3 Å². The van der Waals surface area contributed by atoms with Crippen molar-refractivity contribution < 1.29 is 19.3 Å². The van der Waals surface area contributed by atoms with Gasteiger partial charge in [-0.15, -0.1) is 12.4 Å². The molecule has 0 saturated heterocycles. The van der Waals surface area contributed by atoms with E-state index < -0.39 is 0 Å². The van der Waals surface area contributed by atoms with E-state index in [1.165, 1.54) is 0 Å². The van der Waals surface area contributed by atoms with Gasteiger partial charge in [0.1, 0.15) is 0 Å². The Morgan fingerprint density at radius 1 is 1.11 bits per heavy atom. The van der Waals surface area contributed by atoms with Gasteiger partial charge in [0, 0.05) is 12.6 Å². The maximum Gasteiger partial charge on any atom is 0.203 e. The van der Waals surface area contributed by atoms with Gasteiger partial charge in [-0.3, -0.25) is 0 Å². The van der Waals surface area contributed by atoms with Crippen LogP contribution in [-0.4, -0.2) is 33.0 Å². The van der Waals surface area contributed by atoms with Gasteiger partial charge >= 0.3 is 0 Å². The van der Waals surface area contributed by atoms with E-state index in [0.717, 1.165) is 5.56 Å². The fourth-order valence-electron chi connectivity index (χ4n) is 1.62. The Morgan fingerprint density at radius 2 is 1.61 bits per heavy atom. The van der Waals surface area contributed by atoms with Crippen LogP contribution in [-0.2, 0) is 0 Å². The van der Waals surface area contributed by atoms with Crippen molar-refractivity contribution in [2.24, 2.45) is 5.73 Å². The second-order valence-electron chi connectivity index (χ2n) is 3.58. The summed E-state index contributed by atoms with van der Waals surface area (Å²) in [5, 5.41) is 8.88. The van der Waals surface area contributed by atoms with Crippen molar-refractivity contribution in [3.05, 3.63) is 17.7 Å². The fraction of sp³-hybridized carbons (Fsp3) is 0.500. The van der Waals surface area contributed by atoms with Gasteiger partial charge in [0.2, 0.25) is 5.75 Å². The molecule has 3 N–H and O–H groups in total. The zero-order valence-electron chi connectivity index (χ0n) is 10.8. The molecule has 1 aromatic carbocycles. The van der Waals surface area contributed by atoms with Crippen LogP contribution in [0.4, 0.5) is 0 Å². The molecule has 0 aliphatic carbocycles. The molecule has 104 valence electrons. The van der Waals surface area contributed by atoms with Crippen molar-refractivity contribution in [2.45, 2.75) is 12.5 Å². The van der Waals surface area contributed by atoms with Crippen LogP contribution in [0.15, 0.2) is 12.1 Å². The maximum absolute atomic E-state index is 8.88. The van der Waals surface area contributed by atoms with E-state index in [0.29, 0.717) is 23.7 Å². The molecule has 0 aliphatic rings. The van der Waals surface area contributed by atoms with Crippen molar-refractivity contribution in [2.75, 3.05) is 27.9 Å². The number of rotatable bonds is 6. The third-order valence-electron chi connectivity index (χ3n) is 2.56. The summed E-state index contributed by atoms with van der Waals surface area (Å²) in [5.41, 5.74) is 6.77. The molecule has 1 rings (SSSR count). The van der Waals surface area contributed by atoms with Crippen molar-refractivity contribution in [1.29, 1.82) is 0 Å². The summed E-state index contributed by atoms with van der Waals surface area (Å²) in [6.07, 6.45) is 0.485. The number of aliphatic hydroxyl groups excluding tert-OH is 1. The number of ether oxygens (including phenoxy) is 3. The summed E-state index contributed by atoms with van der Waals surface area (Å²) in [6, 6.07) is 3.33. The van der Waals surface area contributed by atoms with Crippen molar-refractivity contribution in [3.63, 3.8) is 0 Å². The SMILES string of the molecule is COc1cc([C@H](N)CCO)cc(OC)c1OC.Cl. The van der Waals surface area contributed by atoms with Crippen LogP contribution in [0.25, 0.3) is 0 Å². The monoisotopic (exact) mass is 277 g/mol. The van der Waals surface area contributed by atoms with Gasteiger partial charge in [-0.2, -0.15) is 0 Å². The minimum Gasteiger partial charge on any atom is -0.493 e. The Morgan fingerprint density at radius 3 is 1.94 bits per heavy atom. The first kappa shape index (κ1) is 16.8. The number of benzene rings is 1. The molecule has 0 aromatic heterocycles. The van der Waals surface area contributed by atoms with Crippen LogP contribution in [0.5, 0.6) is 17.2 Å². The van der Waals surface area contributed by atoms with Crippen LogP contribution in [0, 0.1) is 0 Å². The molecule has 1 atom stereocenters. The molecule has 0 radical (unpaired) electrons. The molecule has 0 bridgehead atoms. The largest absolute Gasteiger partial charge is 0.493 e. The van der Waals surface area contributed by atoms with Crippen LogP contribution >= 0.6 is 12.4 Å². The molecule has 0 saturated carbocycles. The van der Waals surface area contributed by atoms with Crippen LogP contribution in [0.1, 0.15) is 18.0 Å². The van der Waals surface area contributed by atoms with Crippen molar-refractivity contribution in [3.8, 4) is 17.2 Å². The molecule has 5 nitrogen and oxygen atoms in total. The van der Waals surface area contributed by atoms with E-state index in [9.17, 15) is 0 Å². The number of halogens is 1. The molecule has 0 heterocycles. The minimum atomic E-state index is -0.256. The third kappa shape index (κ3) is 3.66. The van der Waals surface area contributed by atoms with E-state index in [-0.39, 0.29) is 25.1 Å². The van der Waals surface area contributed by atoms with E-state index in [1.54, 1.807) is 33.5 Å². The highest BCUT2D eigenvalue weighted by Crippen LogP contribution is 2.39. The molecule has 6 heteroatoms. The summed E-state index contributed by atoms with van der Waals surface area (Å²) in [6.45, 7) is 0.0395. The zero-order chi connectivity index (χ0) is 12.8. The Labute approximate surface area is 113 Å². The second-order valence-corrected chi connectivity index (χ2v) is 3.58. The second kappa shape index (κ2) is 8.02. The van der Waals surface area contributed by atoms with E-state index >= 15 is 0 Å². The quantitative estimate of drug-likeness (QED) is 0.825. The van der Waals surface area contributed by atoms with Gasteiger partial charge in [0.15, 0.2) is 11.5 Å². The summed E-state index contributed by atoms with van der Waals surface area (Å²) in [4.78, 5) is 0. The molecule has 0 fully saturated rings. The number of nitrogens with two attached hydrogens (primary N) is 1. The van der Waals surface area contributed by atoms with Gasteiger partial charge < -0.3 is 25.1 Å². The van der Waals surface area contributed by atoms with E-state index in [2.05, 4.69) is 0 Å². The number of hydrogen-bond donors (Lipinski definition) is 2. The average molecular weight is 278 g/mol. The van der Waals surface area contributed by atoms with Gasteiger partial charge in [-0.05, 0) is 24.1 Å². The number of aliphatic hydroxyl groups is 1. The van der Waals surface area contributed by atoms with Crippen LogP contribution in [0.3, 0.4) is 0 Å². The highest BCUT2D eigenvalue weighted by Gasteiger charge is 2.16. The lowest BCUT2D eigenvalue weighted by atomic mass is 10.0. The molecular weight excluding hydrogens is 258 g/mol. The van der Waals surface area contributed by atoms with Crippen LogP contribution in [0.2, 0.25) is 0 Å². The number of methoxy groups -OCH3 is 3. The summed E-state index contributed by atoms with van der Waals surface area (Å²) >= 11 is 0. The molecule has 0 spiro atoms. The van der Waals surface area contributed by atoms with E-state index in [1.807, 2.05) is 0 Å². The van der Waals surface area contributed by atoms with Gasteiger partial charge in [0.25, 0.3) is 0 Å². The molecule has 0 unspecified atom stereocenters. The molecule has 0 amide bonds. The minimum absolute atomic E-state index is 0. The normalized spacial score (nSPS) is 11.4. The lowest BCUT2D eigenvalue weighted by Crippen LogP contribution is -2.12. The van der Waals surface area contributed by atoms with Gasteiger partial charge in [-0.25, -0.2) is 0 Å². The topological polar surface area (TPSA) is 73.9 Å². The van der Waals surface area contributed by atoms with Crippen LogP contribution < -0.4 is 19.9 Å². The first-order valence-electron chi connectivity index (χ1n) is 5.34. The first-order valence-corrected chi connectivity index (χ1v) is 5.34. The lowest BCUT2D eigenvalue weighted by Gasteiger charge is -2.17.